The Balaban J connectivity index is 2.77. The highest BCUT2D eigenvalue weighted by Gasteiger charge is 2.22. The van der Waals surface area contributed by atoms with E-state index in [0.717, 1.165) is 5.39 Å². The van der Waals surface area contributed by atoms with Crippen molar-refractivity contribution in [1.82, 2.24) is 10.2 Å². The molecule has 0 amide bonds. The summed E-state index contributed by atoms with van der Waals surface area (Å²) in [5, 5.41) is 18.0. The van der Waals surface area contributed by atoms with Gasteiger partial charge in [-0.05, 0) is 19.9 Å². The third-order valence-corrected chi connectivity index (χ3v) is 3.08. The standard InChI is InChI=1S/C15H17N3O2/c1-4-9-18(10(2)3)14-11-7-5-6-8-12(11)16-17-13(14)15(19)20/h4-8,10H,1,9H2,2-3H3,(H,19,20). The Morgan fingerprint density at radius 1 is 1.40 bits per heavy atom. The predicted octanol–water partition coefficient (Wildman–Crippen LogP) is 2.73. The molecule has 0 saturated carbocycles. The normalized spacial score (nSPS) is 10.8. The summed E-state index contributed by atoms with van der Waals surface area (Å²) in [4.78, 5) is 13.4. The van der Waals surface area contributed by atoms with Crippen LogP contribution in [0.1, 0.15) is 24.3 Å². The molecule has 1 aromatic heterocycles. The molecule has 0 atom stereocenters. The third-order valence-electron chi connectivity index (χ3n) is 3.08. The lowest BCUT2D eigenvalue weighted by Gasteiger charge is -2.29. The van der Waals surface area contributed by atoms with Crippen molar-refractivity contribution in [2.24, 2.45) is 0 Å². The first-order chi connectivity index (χ1) is 9.56. The molecule has 1 aromatic carbocycles. The molecule has 0 unspecified atom stereocenters. The molecule has 104 valence electrons. The number of anilines is 1. The summed E-state index contributed by atoms with van der Waals surface area (Å²) in [5.74, 6) is -1.08. The van der Waals surface area contributed by atoms with Gasteiger partial charge in [0.2, 0.25) is 0 Å². The molecule has 0 radical (unpaired) electrons. The molecule has 0 spiro atoms. The van der Waals surface area contributed by atoms with Gasteiger partial charge in [0, 0.05) is 18.0 Å². The molecule has 2 aromatic rings. The molecule has 1 N–H and O–H groups in total. The summed E-state index contributed by atoms with van der Waals surface area (Å²) in [6, 6.07) is 7.53. The summed E-state index contributed by atoms with van der Waals surface area (Å²) in [6.07, 6.45) is 1.75. The topological polar surface area (TPSA) is 66.3 Å². The number of hydrogen-bond donors (Lipinski definition) is 1. The minimum absolute atomic E-state index is 0.0285. The van der Waals surface area contributed by atoms with Crippen molar-refractivity contribution in [2.75, 3.05) is 11.4 Å². The van der Waals surface area contributed by atoms with Crippen LogP contribution in [-0.2, 0) is 0 Å². The number of fused-ring (bicyclic) bond motifs is 1. The number of carbonyl (C=O) groups is 1. The molecule has 5 nitrogen and oxygen atoms in total. The zero-order valence-electron chi connectivity index (χ0n) is 11.6. The molecule has 0 aliphatic heterocycles. The predicted molar refractivity (Wildman–Crippen MR) is 79.2 cm³/mol. The van der Waals surface area contributed by atoms with Gasteiger partial charge in [-0.25, -0.2) is 4.79 Å². The van der Waals surface area contributed by atoms with Crippen molar-refractivity contribution < 1.29 is 9.90 Å². The van der Waals surface area contributed by atoms with Gasteiger partial charge in [0.05, 0.1) is 11.2 Å². The molecule has 5 heteroatoms. The molecular weight excluding hydrogens is 254 g/mol. The zero-order chi connectivity index (χ0) is 14.7. The lowest BCUT2D eigenvalue weighted by Crippen LogP contribution is -2.33. The van der Waals surface area contributed by atoms with Crippen molar-refractivity contribution in [3.63, 3.8) is 0 Å². The Labute approximate surface area is 117 Å². The van der Waals surface area contributed by atoms with Crippen LogP contribution in [0.2, 0.25) is 0 Å². The van der Waals surface area contributed by atoms with Crippen LogP contribution in [0, 0.1) is 0 Å². The van der Waals surface area contributed by atoms with Gasteiger partial charge >= 0.3 is 5.97 Å². The maximum Gasteiger partial charge on any atom is 0.358 e. The van der Waals surface area contributed by atoms with Gasteiger partial charge in [-0.2, -0.15) is 0 Å². The van der Waals surface area contributed by atoms with E-state index in [1.807, 2.05) is 43.0 Å². The van der Waals surface area contributed by atoms with Crippen LogP contribution in [0.5, 0.6) is 0 Å². The maximum absolute atomic E-state index is 11.4. The molecule has 0 bridgehead atoms. The molecule has 0 aliphatic carbocycles. The van der Waals surface area contributed by atoms with Gasteiger partial charge in [0.25, 0.3) is 0 Å². The van der Waals surface area contributed by atoms with Crippen LogP contribution in [0.4, 0.5) is 5.69 Å². The van der Waals surface area contributed by atoms with E-state index in [1.165, 1.54) is 0 Å². The first-order valence-electron chi connectivity index (χ1n) is 6.42. The molecular formula is C15H17N3O2. The van der Waals surface area contributed by atoms with Crippen LogP contribution in [0.3, 0.4) is 0 Å². The lowest BCUT2D eigenvalue weighted by atomic mass is 10.1. The molecule has 0 aliphatic rings. The average Bonchev–Trinajstić information content (AvgIpc) is 2.43. The first kappa shape index (κ1) is 14.0. The fraction of sp³-hybridized carbons (Fsp3) is 0.267. The van der Waals surface area contributed by atoms with Gasteiger partial charge in [-0.1, -0.05) is 24.3 Å². The third kappa shape index (κ3) is 2.47. The van der Waals surface area contributed by atoms with Crippen molar-refractivity contribution in [1.29, 1.82) is 0 Å². The number of aromatic carboxylic acids is 1. The second-order valence-electron chi connectivity index (χ2n) is 4.75. The van der Waals surface area contributed by atoms with Gasteiger partial charge in [0.1, 0.15) is 0 Å². The lowest BCUT2D eigenvalue weighted by molar-refractivity contribution is 0.0690. The highest BCUT2D eigenvalue weighted by Crippen LogP contribution is 2.29. The highest BCUT2D eigenvalue weighted by atomic mass is 16.4. The maximum atomic E-state index is 11.4. The van der Waals surface area contributed by atoms with Gasteiger partial charge in [0.15, 0.2) is 5.69 Å². The summed E-state index contributed by atoms with van der Waals surface area (Å²) in [6.45, 7) is 8.30. The summed E-state index contributed by atoms with van der Waals surface area (Å²) in [7, 11) is 0. The van der Waals surface area contributed by atoms with E-state index in [-0.39, 0.29) is 11.7 Å². The Bertz CT molecular complexity index is 653. The number of rotatable bonds is 5. The van der Waals surface area contributed by atoms with Gasteiger partial charge < -0.3 is 10.0 Å². The van der Waals surface area contributed by atoms with E-state index in [9.17, 15) is 9.90 Å². The van der Waals surface area contributed by atoms with E-state index in [4.69, 9.17) is 0 Å². The van der Waals surface area contributed by atoms with E-state index in [0.29, 0.717) is 17.7 Å². The number of carboxylic acid groups (broad SMARTS) is 1. The summed E-state index contributed by atoms with van der Waals surface area (Å²) in [5.41, 5.74) is 1.25. The molecule has 2 rings (SSSR count). The zero-order valence-corrected chi connectivity index (χ0v) is 11.6. The summed E-state index contributed by atoms with van der Waals surface area (Å²) < 4.78 is 0. The minimum Gasteiger partial charge on any atom is -0.476 e. The molecule has 0 saturated heterocycles. The minimum atomic E-state index is -1.08. The first-order valence-corrected chi connectivity index (χ1v) is 6.42. The second-order valence-corrected chi connectivity index (χ2v) is 4.75. The number of aromatic nitrogens is 2. The summed E-state index contributed by atoms with van der Waals surface area (Å²) >= 11 is 0. The van der Waals surface area contributed by atoms with E-state index in [1.54, 1.807) is 6.08 Å². The number of carboxylic acids is 1. The number of benzene rings is 1. The van der Waals surface area contributed by atoms with Crippen molar-refractivity contribution in [3.05, 3.63) is 42.6 Å². The van der Waals surface area contributed by atoms with Crippen LogP contribution < -0.4 is 4.90 Å². The van der Waals surface area contributed by atoms with Gasteiger partial charge in [-0.15, -0.1) is 16.8 Å². The van der Waals surface area contributed by atoms with Crippen molar-refractivity contribution in [3.8, 4) is 0 Å². The second kappa shape index (κ2) is 5.69. The van der Waals surface area contributed by atoms with E-state index < -0.39 is 5.97 Å². The fourth-order valence-corrected chi connectivity index (χ4v) is 2.17. The average molecular weight is 271 g/mol. The molecule has 20 heavy (non-hydrogen) atoms. The van der Waals surface area contributed by atoms with E-state index in [2.05, 4.69) is 16.8 Å². The number of hydrogen-bond acceptors (Lipinski definition) is 4. The van der Waals surface area contributed by atoms with Crippen LogP contribution in [0.15, 0.2) is 36.9 Å². The van der Waals surface area contributed by atoms with Crippen LogP contribution >= 0.6 is 0 Å². The Morgan fingerprint density at radius 2 is 2.10 bits per heavy atom. The quantitative estimate of drug-likeness (QED) is 0.847. The van der Waals surface area contributed by atoms with Crippen molar-refractivity contribution in [2.45, 2.75) is 19.9 Å². The van der Waals surface area contributed by atoms with Gasteiger partial charge in [-0.3, -0.25) is 0 Å². The molecule has 1 heterocycles. The fourth-order valence-electron chi connectivity index (χ4n) is 2.17. The van der Waals surface area contributed by atoms with E-state index >= 15 is 0 Å². The van der Waals surface area contributed by atoms with Crippen LogP contribution in [-0.4, -0.2) is 33.9 Å². The highest BCUT2D eigenvalue weighted by molar-refractivity contribution is 6.02. The molecule has 0 fully saturated rings. The Morgan fingerprint density at radius 3 is 2.70 bits per heavy atom. The SMILES string of the molecule is C=CCN(c1c(C(=O)O)nnc2ccccc12)C(C)C. The smallest absolute Gasteiger partial charge is 0.358 e. The monoisotopic (exact) mass is 271 g/mol. The Kier molecular flexibility index (Phi) is 3.98. The van der Waals surface area contributed by atoms with Crippen LogP contribution in [0.25, 0.3) is 10.9 Å². The Hall–Kier alpha value is -2.43. The van der Waals surface area contributed by atoms with Crippen molar-refractivity contribution >= 4 is 22.6 Å². The largest absolute Gasteiger partial charge is 0.476 e. The number of nitrogens with zero attached hydrogens (tertiary/aromatic N) is 3.